The van der Waals surface area contributed by atoms with Crippen molar-refractivity contribution in [3.8, 4) is 0 Å². The van der Waals surface area contributed by atoms with E-state index in [1.807, 2.05) is 4.90 Å². The fourth-order valence-corrected chi connectivity index (χ4v) is 4.18. The number of likely N-dealkylation sites (tertiary alicyclic amines) is 1. The number of nitrogens with zero attached hydrogens (tertiary/aromatic N) is 2. The lowest BCUT2D eigenvalue weighted by Gasteiger charge is -2.42. The quantitative estimate of drug-likeness (QED) is 0.797. The molecule has 0 aromatic carbocycles. The Balaban J connectivity index is 1.61. The minimum Gasteiger partial charge on any atom is -0.379 e. The molecule has 0 radical (unpaired) electrons. The molecule has 2 atom stereocenters. The summed E-state index contributed by atoms with van der Waals surface area (Å²) in [4.78, 5) is 17.1. The van der Waals surface area contributed by atoms with Crippen LogP contribution in [0.3, 0.4) is 0 Å². The highest BCUT2D eigenvalue weighted by Crippen LogP contribution is 2.38. The lowest BCUT2D eigenvalue weighted by molar-refractivity contribution is -0.147. The van der Waals surface area contributed by atoms with Crippen LogP contribution in [0.4, 0.5) is 8.78 Å². The van der Waals surface area contributed by atoms with E-state index < -0.39 is 11.8 Å². The third-order valence-electron chi connectivity index (χ3n) is 5.47. The van der Waals surface area contributed by atoms with Crippen LogP contribution in [0, 0.1) is 5.92 Å². The van der Waals surface area contributed by atoms with Crippen molar-refractivity contribution < 1.29 is 18.3 Å². The van der Waals surface area contributed by atoms with Crippen LogP contribution in [0.2, 0.25) is 0 Å². The van der Waals surface area contributed by atoms with Crippen LogP contribution in [0.5, 0.6) is 0 Å². The van der Waals surface area contributed by atoms with Crippen molar-refractivity contribution in [2.45, 2.75) is 56.9 Å². The molecule has 0 N–H and O–H groups in total. The fraction of sp³-hybridized carbons (Fsp3) is 0.941. The summed E-state index contributed by atoms with van der Waals surface area (Å²) in [6, 6.07) is 0.185. The fourth-order valence-electron chi connectivity index (χ4n) is 4.18. The first-order valence-electron chi connectivity index (χ1n) is 9.03. The Morgan fingerprint density at radius 2 is 1.87 bits per heavy atom. The Labute approximate surface area is 137 Å². The summed E-state index contributed by atoms with van der Waals surface area (Å²) in [7, 11) is 0. The van der Waals surface area contributed by atoms with E-state index in [0.29, 0.717) is 12.8 Å². The monoisotopic (exact) mass is 330 g/mol. The molecule has 6 heteroatoms. The second-order valence-corrected chi connectivity index (χ2v) is 7.24. The van der Waals surface area contributed by atoms with Gasteiger partial charge >= 0.3 is 0 Å². The number of carbonyl (C=O) groups is 1. The van der Waals surface area contributed by atoms with Crippen LogP contribution >= 0.6 is 0 Å². The van der Waals surface area contributed by atoms with Crippen LogP contribution in [0.1, 0.15) is 44.9 Å². The molecular formula is C17H28F2N2O2. The van der Waals surface area contributed by atoms with Crippen LogP contribution in [0.15, 0.2) is 0 Å². The smallest absolute Gasteiger partial charge is 0.248 e. The number of morpholine rings is 1. The standard InChI is InChI=1S/C17H28F2N2O2/c18-17(19)6-3-4-14(12-17)16(22)21-7-2-1-5-15(21)13-20-8-10-23-11-9-20/h14-15H,1-13H2/t14-,15+/m0/s1. The second kappa shape index (κ2) is 7.43. The van der Waals surface area contributed by atoms with Crippen LogP contribution in [-0.4, -0.2) is 67.1 Å². The van der Waals surface area contributed by atoms with E-state index in [2.05, 4.69) is 4.90 Å². The van der Waals surface area contributed by atoms with Gasteiger partial charge in [-0.2, -0.15) is 0 Å². The molecule has 1 amide bonds. The van der Waals surface area contributed by atoms with Crippen molar-refractivity contribution in [2.24, 2.45) is 5.92 Å². The van der Waals surface area contributed by atoms with Crippen molar-refractivity contribution in [3.05, 3.63) is 0 Å². The summed E-state index contributed by atoms with van der Waals surface area (Å²) >= 11 is 0. The molecule has 1 saturated carbocycles. The molecule has 2 saturated heterocycles. The zero-order chi connectivity index (χ0) is 16.3. The Morgan fingerprint density at radius 1 is 1.09 bits per heavy atom. The summed E-state index contributed by atoms with van der Waals surface area (Å²) in [5.41, 5.74) is 0. The van der Waals surface area contributed by atoms with Crippen molar-refractivity contribution >= 4 is 5.91 Å². The number of carbonyl (C=O) groups excluding carboxylic acids is 1. The van der Waals surface area contributed by atoms with E-state index in [0.717, 1.165) is 58.7 Å². The van der Waals surface area contributed by atoms with E-state index in [-0.39, 0.29) is 24.8 Å². The topological polar surface area (TPSA) is 32.8 Å². The SMILES string of the molecule is O=C([C@H]1CCCC(F)(F)C1)N1CCCC[C@@H]1CN1CCOCC1. The van der Waals surface area contributed by atoms with Crippen molar-refractivity contribution in [1.29, 1.82) is 0 Å². The van der Waals surface area contributed by atoms with Gasteiger partial charge in [0, 0.05) is 51.0 Å². The molecule has 1 aliphatic carbocycles. The number of hydrogen-bond acceptors (Lipinski definition) is 3. The van der Waals surface area contributed by atoms with Gasteiger partial charge in [0.05, 0.1) is 13.2 Å². The molecule has 3 fully saturated rings. The summed E-state index contributed by atoms with van der Waals surface area (Å²) in [6.45, 7) is 4.89. The maximum absolute atomic E-state index is 13.7. The minimum absolute atomic E-state index is 0.0256. The molecule has 0 aromatic rings. The van der Waals surface area contributed by atoms with Gasteiger partial charge < -0.3 is 9.64 Å². The lowest BCUT2D eigenvalue weighted by Crippen LogP contribution is -2.53. The second-order valence-electron chi connectivity index (χ2n) is 7.24. The summed E-state index contributed by atoms with van der Waals surface area (Å²) in [5.74, 6) is -3.17. The van der Waals surface area contributed by atoms with Gasteiger partial charge in [-0.3, -0.25) is 9.69 Å². The van der Waals surface area contributed by atoms with Crippen LogP contribution in [-0.2, 0) is 9.53 Å². The van der Waals surface area contributed by atoms with E-state index >= 15 is 0 Å². The number of alkyl halides is 2. The minimum atomic E-state index is -2.66. The van der Waals surface area contributed by atoms with Crippen molar-refractivity contribution in [1.82, 2.24) is 9.80 Å². The zero-order valence-electron chi connectivity index (χ0n) is 13.8. The predicted molar refractivity (Wildman–Crippen MR) is 83.5 cm³/mol. The number of rotatable bonds is 3. The van der Waals surface area contributed by atoms with Gasteiger partial charge in [-0.05, 0) is 32.1 Å². The predicted octanol–water partition coefficient (Wildman–Crippen LogP) is 2.53. The van der Waals surface area contributed by atoms with Crippen LogP contribution in [0.25, 0.3) is 0 Å². The molecule has 0 spiro atoms. The summed E-state index contributed by atoms with van der Waals surface area (Å²) < 4.78 is 32.7. The maximum atomic E-state index is 13.7. The molecule has 0 aromatic heterocycles. The molecule has 4 nitrogen and oxygen atoms in total. The van der Waals surface area contributed by atoms with Gasteiger partial charge in [0.15, 0.2) is 0 Å². The third-order valence-corrected chi connectivity index (χ3v) is 5.47. The molecule has 0 unspecified atom stereocenters. The summed E-state index contributed by atoms with van der Waals surface area (Å²) in [5, 5.41) is 0. The molecule has 23 heavy (non-hydrogen) atoms. The van der Waals surface area contributed by atoms with Crippen molar-refractivity contribution in [2.75, 3.05) is 39.4 Å². The van der Waals surface area contributed by atoms with Gasteiger partial charge in [0.25, 0.3) is 0 Å². The normalized spacial score (nSPS) is 32.7. The van der Waals surface area contributed by atoms with Gasteiger partial charge in [-0.15, -0.1) is 0 Å². The number of piperidine rings is 1. The molecule has 3 rings (SSSR count). The highest BCUT2D eigenvalue weighted by atomic mass is 19.3. The van der Waals surface area contributed by atoms with E-state index in [1.165, 1.54) is 0 Å². The Hall–Kier alpha value is -0.750. The molecule has 2 heterocycles. The van der Waals surface area contributed by atoms with Gasteiger partial charge in [-0.1, -0.05) is 0 Å². The molecule has 132 valence electrons. The Bertz CT molecular complexity index is 413. The third kappa shape index (κ3) is 4.41. The first kappa shape index (κ1) is 17.1. The highest BCUT2D eigenvalue weighted by Gasteiger charge is 2.42. The van der Waals surface area contributed by atoms with Crippen LogP contribution < -0.4 is 0 Å². The maximum Gasteiger partial charge on any atom is 0.248 e. The molecule has 2 aliphatic heterocycles. The van der Waals surface area contributed by atoms with Crippen molar-refractivity contribution in [3.63, 3.8) is 0 Å². The number of halogens is 2. The average Bonchev–Trinajstić information content (AvgIpc) is 2.55. The van der Waals surface area contributed by atoms with E-state index in [9.17, 15) is 13.6 Å². The molecule has 0 bridgehead atoms. The van der Waals surface area contributed by atoms with Gasteiger partial charge in [0.2, 0.25) is 11.8 Å². The Morgan fingerprint density at radius 3 is 2.61 bits per heavy atom. The highest BCUT2D eigenvalue weighted by molar-refractivity contribution is 5.79. The number of hydrogen-bond donors (Lipinski definition) is 0. The average molecular weight is 330 g/mol. The van der Waals surface area contributed by atoms with E-state index in [1.54, 1.807) is 0 Å². The number of amides is 1. The Kier molecular flexibility index (Phi) is 5.52. The molecular weight excluding hydrogens is 302 g/mol. The van der Waals surface area contributed by atoms with Gasteiger partial charge in [0.1, 0.15) is 0 Å². The number of ether oxygens (including phenoxy) is 1. The van der Waals surface area contributed by atoms with Gasteiger partial charge in [-0.25, -0.2) is 8.78 Å². The lowest BCUT2D eigenvalue weighted by atomic mass is 9.84. The largest absolute Gasteiger partial charge is 0.379 e. The molecule has 3 aliphatic rings. The zero-order valence-corrected chi connectivity index (χ0v) is 13.8. The van der Waals surface area contributed by atoms with E-state index in [4.69, 9.17) is 4.74 Å². The summed E-state index contributed by atoms with van der Waals surface area (Å²) in [6.07, 6.45) is 3.88. The first-order valence-corrected chi connectivity index (χ1v) is 9.03. The first-order chi connectivity index (χ1) is 11.1.